The first-order valence-electron chi connectivity index (χ1n) is 12.3. The average molecular weight is 483 g/mol. The smallest absolute Gasteiger partial charge is 0.503 e. The van der Waals surface area contributed by atoms with Crippen molar-refractivity contribution < 1.29 is 28.5 Å². The molecule has 1 saturated heterocycles. The average Bonchev–Trinajstić information content (AvgIpc) is 3.39. The number of fused-ring (bicyclic) bond motifs is 2. The minimum absolute atomic E-state index is 0.138. The number of halogens is 1. The topological polar surface area (TPSA) is 84.5 Å². The van der Waals surface area contributed by atoms with Gasteiger partial charge in [-0.1, -0.05) is 51.0 Å². The lowest BCUT2D eigenvalue weighted by Crippen LogP contribution is -3.01. The Morgan fingerprint density at radius 1 is 1.17 bits per heavy atom. The van der Waals surface area contributed by atoms with Gasteiger partial charge in [-0.15, -0.1) is 0 Å². The summed E-state index contributed by atoms with van der Waals surface area (Å²) < 4.78 is 27.4. The minimum Gasteiger partial charge on any atom is -0.506 e. The van der Waals surface area contributed by atoms with Crippen LogP contribution in [0.2, 0.25) is 0 Å². The lowest BCUT2D eigenvalue weighted by atomic mass is 9.64. The van der Waals surface area contributed by atoms with E-state index in [2.05, 4.69) is 5.43 Å². The van der Waals surface area contributed by atoms with Gasteiger partial charge in [-0.2, -0.15) is 0 Å². The lowest BCUT2D eigenvalue weighted by molar-refractivity contribution is -0.531. The third-order valence-corrected chi connectivity index (χ3v) is 6.97. The van der Waals surface area contributed by atoms with Gasteiger partial charge in [0.1, 0.15) is 5.82 Å². The Labute approximate surface area is 206 Å². The second-order valence-corrected chi connectivity index (χ2v) is 10.8. The maximum atomic E-state index is 15.8. The van der Waals surface area contributed by atoms with Gasteiger partial charge in [0.25, 0.3) is 11.8 Å². The summed E-state index contributed by atoms with van der Waals surface area (Å²) in [7, 11) is 0. The number of hydrogen-bond acceptors (Lipinski definition) is 4. The normalized spacial score (nSPS) is 20.1. The van der Waals surface area contributed by atoms with E-state index in [0.29, 0.717) is 36.2 Å². The minimum atomic E-state index is -2.02. The highest BCUT2D eigenvalue weighted by atomic mass is 19.1. The van der Waals surface area contributed by atoms with Gasteiger partial charge in [-0.25, -0.2) is 9.40 Å². The molecule has 188 valence electrons. The Morgan fingerprint density at radius 3 is 2.43 bits per heavy atom. The van der Waals surface area contributed by atoms with Gasteiger partial charge in [0, 0.05) is 12.2 Å². The molecule has 4 rings (SSSR count). The van der Waals surface area contributed by atoms with Gasteiger partial charge in [-0.05, 0) is 54.9 Å². The van der Waals surface area contributed by atoms with E-state index in [0.717, 1.165) is 11.1 Å². The molecule has 3 N–H and O–H groups in total. The summed E-state index contributed by atoms with van der Waals surface area (Å²) >= 11 is 0. The summed E-state index contributed by atoms with van der Waals surface area (Å²) in [6.45, 7) is 11.2. The number of quaternary nitrogens is 1. The molecule has 2 heterocycles. The summed E-state index contributed by atoms with van der Waals surface area (Å²) in [4.78, 5) is 27.2. The van der Waals surface area contributed by atoms with Gasteiger partial charge in [0.05, 0.1) is 24.8 Å². The molecule has 0 bridgehead atoms. The van der Waals surface area contributed by atoms with Crippen molar-refractivity contribution in [1.82, 2.24) is 10.4 Å². The zero-order chi connectivity index (χ0) is 25.5. The molecule has 1 spiro atoms. The van der Waals surface area contributed by atoms with E-state index in [9.17, 15) is 9.59 Å². The summed E-state index contributed by atoms with van der Waals surface area (Å²) in [5.41, 5.74) is 5.66. The molecular weight excluding hydrogens is 448 g/mol. The van der Waals surface area contributed by atoms with E-state index in [4.69, 9.17) is 9.31 Å². The standard InChI is InChI=1S/C26H35BFN3O4/c1-7-21(26(4,5)6)31(25(33)19-13-16(2)12-17(3)14-19)30-24(32)20-9-8-18-15-35-27(22(18)23(20)28)29-10-11-34-27/h8-9,12-14,21H,7,10-11,15,29H2,1-6H3,(H,30,32)/t21-,27?/m1/s1. The van der Waals surface area contributed by atoms with E-state index in [1.165, 1.54) is 11.1 Å². The van der Waals surface area contributed by atoms with Gasteiger partial charge in [0.15, 0.2) is 0 Å². The summed E-state index contributed by atoms with van der Waals surface area (Å²) in [5, 5.41) is 3.23. The maximum Gasteiger partial charge on any atom is 0.503 e. The predicted octanol–water partition coefficient (Wildman–Crippen LogP) is 2.32. The fourth-order valence-corrected chi connectivity index (χ4v) is 5.44. The zero-order valence-electron chi connectivity index (χ0n) is 21.4. The van der Waals surface area contributed by atoms with Crippen molar-refractivity contribution in [3.8, 4) is 0 Å². The molecule has 1 unspecified atom stereocenters. The monoisotopic (exact) mass is 483 g/mol. The highest BCUT2D eigenvalue weighted by Gasteiger charge is 2.49. The fraction of sp³-hybridized carbons (Fsp3) is 0.462. The molecule has 2 aliphatic rings. The first-order valence-corrected chi connectivity index (χ1v) is 12.3. The van der Waals surface area contributed by atoms with Crippen molar-refractivity contribution in [2.24, 2.45) is 5.41 Å². The number of amides is 2. The molecule has 9 heteroatoms. The number of nitrogens with one attached hydrogen (secondary N) is 1. The van der Waals surface area contributed by atoms with Crippen LogP contribution >= 0.6 is 0 Å². The highest BCUT2D eigenvalue weighted by Crippen LogP contribution is 2.28. The largest absolute Gasteiger partial charge is 0.506 e. The molecule has 0 aliphatic carbocycles. The molecule has 2 aliphatic heterocycles. The first kappa shape index (κ1) is 25.4. The number of hydrogen-bond donors (Lipinski definition) is 2. The van der Waals surface area contributed by atoms with Crippen LogP contribution in [-0.2, 0) is 15.9 Å². The third-order valence-electron chi connectivity index (χ3n) is 6.97. The molecular formula is C26H35BFN3O4. The Bertz CT molecular complexity index is 1140. The Morgan fingerprint density at radius 2 is 1.86 bits per heavy atom. The van der Waals surface area contributed by atoms with Crippen molar-refractivity contribution in [2.45, 2.75) is 60.6 Å². The van der Waals surface area contributed by atoms with Crippen LogP contribution in [0.5, 0.6) is 0 Å². The Kier molecular flexibility index (Phi) is 6.79. The van der Waals surface area contributed by atoms with Crippen LogP contribution in [0.15, 0.2) is 30.3 Å². The summed E-state index contributed by atoms with van der Waals surface area (Å²) in [5.74, 6) is -1.66. The number of aryl methyl sites for hydroxylation is 2. The van der Waals surface area contributed by atoms with Crippen LogP contribution in [0.25, 0.3) is 0 Å². The van der Waals surface area contributed by atoms with Gasteiger partial charge in [-0.3, -0.25) is 15.0 Å². The van der Waals surface area contributed by atoms with Crippen molar-refractivity contribution in [3.05, 3.63) is 64.0 Å². The lowest BCUT2D eigenvalue weighted by Gasteiger charge is -2.39. The Balaban J connectivity index is 1.71. The third kappa shape index (κ3) is 4.72. The molecule has 0 aromatic heterocycles. The van der Waals surface area contributed by atoms with E-state index in [-0.39, 0.29) is 29.5 Å². The van der Waals surface area contributed by atoms with E-state index in [1.807, 2.05) is 52.8 Å². The number of rotatable bonds is 4. The van der Waals surface area contributed by atoms with Crippen molar-refractivity contribution in [2.75, 3.05) is 13.2 Å². The van der Waals surface area contributed by atoms with Gasteiger partial charge >= 0.3 is 6.69 Å². The number of carbonyl (C=O) groups excluding carboxylic acids is 2. The molecule has 2 aromatic carbocycles. The van der Waals surface area contributed by atoms with E-state index >= 15 is 4.39 Å². The van der Waals surface area contributed by atoms with E-state index < -0.39 is 18.4 Å². The van der Waals surface area contributed by atoms with Crippen molar-refractivity contribution >= 4 is 24.0 Å². The first-order chi connectivity index (χ1) is 16.5. The van der Waals surface area contributed by atoms with Crippen molar-refractivity contribution in [3.63, 3.8) is 0 Å². The molecule has 35 heavy (non-hydrogen) atoms. The number of hydrazine groups is 1. The Hall–Kier alpha value is -2.75. The molecule has 2 atom stereocenters. The molecule has 7 nitrogen and oxygen atoms in total. The maximum absolute atomic E-state index is 15.8. The van der Waals surface area contributed by atoms with Crippen LogP contribution in [0.1, 0.15) is 71.5 Å². The zero-order valence-corrected chi connectivity index (χ0v) is 21.4. The van der Waals surface area contributed by atoms with Crippen LogP contribution in [0.4, 0.5) is 4.39 Å². The van der Waals surface area contributed by atoms with Crippen LogP contribution in [-0.4, -0.2) is 42.7 Å². The van der Waals surface area contributed by atoms with Crippen LogP contribution in [0, 0.1) is 25.1 Å². The predicted molar refractivity (Wildman–Crippen MR) is 132 cm³/mol. The molecule has 1 fully saturated rings. The summed E-state index contributed by atoms with van der Waals surface area (Å²) in [6.07, 6.45) is 0.607. The van der Waals surface area contributed by atoms with E-state index in [1.54, 1.807) is 18.2 Å². The van der Waals surface area contributed by atoms with Crippen LogP contribution < -0.4 is 16.1 Å². The number of benzene rings is 2. The summed E-state index contributed by atoms with van der Waals surface area (Å²) in [6, 6.07) is 8.43. The number of nitrogens with two attached hydrogens (primary N) is 1. The van der Waals surface area contributed by atoms with Gasteiger partial charge < -0.3 is 14.5 Å². The second-order valence-electron chi connectivity index (χ2n) is 10.8. The highest BCUT2D eigenvalue weighted by molar-refractivity contribution is 6.74. The molecule has 0 saturated carbocycles. The van der Waals surface area contributed by atoms with Crippen LogP contribution in [0.3, 0.4) is 0 Å². The second kappa shape index (κ2) is 9.37. The number of carbonyl (C=O) groups is 2. The quantitative estimate of drug-likeness (QED) is 0.517. The molecule has 2 amide bonds. The fourth-order valence-electron chi connectivity index (χ4n) is 5.44. The number of nitrogens with zero attached hydrogens (tertiary/aromatic N) is 1. The van der Waals surface area contributed by atoms with Crippen molar-refractivity contribution in [1.29, 1.82) is 0 Å². The van der Waals surface area contributed by atoms with Gasteiger partial charge in [0.2, 0.25) is 0 Å². The molecule has 0 radical (unpaired) electrons. The molecule has 2 aromatic rings. The SMILES string of the molecule is CC[C@@H](N(NC(=O)c1ccc2c(c1F)[B-]1([NH2+]CCO1)OC2)C(=O)c1cc(C)cc(C)c1)C(C)(C)C.